The molecule has 0 spiro atoms. The fraction of sp³-hybridized carbons (Fsp3) is 0.312. The molecule has 0 aliphatic rings. The molecule has 0 heterocycles. The van der Waals surface area contributed by atoms with Gasteiger partial charge in [0.15, 0.2) is 0 Å². The standard InChI is InChI=1S/C16H21N/c1-5-10-14-11-8-9-12-15(14)16(7-3)17-13(4)6-2/h7-9,11-12H,3-6,10H2,1-2H3/b17-16-. The van der Waals surface area contributed by atoms with E-state index in [1.807, 2.05) is 12.1 Å². The normalized spacial score (nSPS) is 11.3. The Hall–Kier alpha value is -1.63. The summed E-state index contributed by atoms with van der Waals surface area (Å²) in [5.74, 6) is 0. The summed E-state index contributed by atoms with van der Waals surface area (Å²) in [4.78, 5) is 4.53. The first-order chi connectivity index (χ1) is 8.22. The van der Waals surface area contributed by atoms with Crippen molar-refractivity contribution in [1.82, 2.24) is 0 Å². The van der Waals surface area contributed by atoms with Gasteiger partial charge in [-0.2, -0.15) is 0 Å². The summed E-state index contributed by atoms with van der Waals surface area (Å²) in [6.45, 7) is 12.0. The van der Waals surface area contributed by atoms with Crippen LogP contribution in [-0.4, -0.2) is 5.71 Å². The van der Waals surface area contributed by atoms with Crippen molar-refractivity contribution < 1.29 is 0 Å². The quantitative estimate of drug-likeness (QED) is 0.633. The Kier molecular flexibility index (Phi) is 5.41. The molecule has 1 aromatic carbocycles. The molecule has 0 saturated heterocycles. The van der Waals surface area contributed by atoms with Crippen molar-refractivity contribution >= 4 is 5.71 Å². The van der Waals surface area contributed by atoms with Gasteiger partial charge < -0.3 is 0 Å². The van der Waals surface area contributed by atoms with Crippen molar-refractivity contribution in [2.75, 3.05) is 0 Å². The van der Waals surface area contributed by atoms with E-state index in [9.17, 15) is 0 Å². The molecule has 0 fully saturated rings. The lowest BCUT2D eigenvalue weighted by Crippen LogP contribution is -2.02. The molecule has 0 amide bonds. The lowest BCUT2D eigenvalue weighted by molar-refractivity contribution is 0.919. The van der Waals surface area contributed by atoms with Crippen molar-refractivity contribution in [3.05, 3.63) is 60.3 Å². The second-order valence-electron chi connectivity index (χ2n) is 4.03. The van der Waals surface area contributed by atoms with Crippen LogP contribution in [0.2, 0.25) is 0 Å². The number of aryl methyl sites for hydroxylation is 1. The summed E-state index contributed by atoms with van der Waals surface area (Å²) >= 11 is 0. The maximum atomic E-state index is 4.53. The summed E-state index contributed by atoms with van der Waals surface area (Å²) in [5.41, 5.74) is 4.34. The van der Waals surface area contributed by atoms with Crippen LogP contribution in [0.15, 0.2) is 54.2 Å². The Labute approximate surface area is 105 Å². The second-order valence-corrected chi connectivity index (χ2v) is 4.03. The molecule has 1 nitrogen and oxygen atoms in total. The minimum atomic E-state index is 0.868. The third-order valence-corrected chi connectivity index (χ3v) is 2.69. The third kappa shape index (κ3) is 3.70. The Balaban J connectivity index is 3.15. The van der Waals surface area contributed by atoms with Gasteiger partial charge in [-0.3, -0.25) is 4.99 Å². The van der Waals surface area contributed by atoms with Gasteiger partial charge in [-0.15, -0.1) is 0 Å². The highest BCUT2D eigenvalue weighted by atomic mass is 14.7. The minimum absolute atomic E-state index is 0.868. The van der Waals surface area contributed by atoms with Gasteiger partial charge in [-0.1, -0.05) is 57.7 Å². The molecule has 0 N–H and O–H groups in total. The molecule has 17 heavy (non-hydrogen) atoms. The maximum absolute atomic E-state index is 4.53. The number of benzene rings is 1. The van der Waals surface area contributed by atoms with Gasteiger partial charge in [0.2, 0.25) is 0 Å². The molecular formula is C16H21N. The van der Waals surface area contributed by atoms with Crippen LogP contribution in [0.3, 0.4) is 0 Å². The van der Waals surface area contributed by atoms with Crippen molar-refractivity contribution in [2.45, 2.75) is 33.1 Å². The largest absolute Gasteiger partial charge is 0.253 e. The maximum Gasteiger partial charge on any atom is 0.0701 e. The topological polar surface area (TPSA) is 12.4 Å². The van der Waals surface area contributed by atoms with Gasteiger partial charge in [0.05, 0.1) is 5.71 Å². The van der Waals surface area contributed by atoms with E-state index in [1.165, 1.54) is 11.1 Å². The summed E-state index contributed by atoms with van der Waals surface area (Å²) in [6, 6.07) is 8.38. The number of rotatable bonds is 6. The molecule has 0 radical (unpaired) electrons. The van der Waals surface area contributed by atoms with Crippen LogP contribution in [0, 0.1) is 0 Å². The van der Waals surface area contributed by atoms with Crippen molar-refractivity contribution in [1.29, 1.82) is 0 Å². The molecule has 90 valence electrons. The van der Waals surface area contributed by atoms with E-state index in [1.54, 1.807) is 0 Å². The lowest BCUT2D eigenvalue weighted by atomic mass is 9.99. The van der Waals surface area contributed by atoms with Gasteiger partial charge in [-0.05, 0) is 24.5 Å². The number of aliphatic imine (C=N–C) groups is 1. The highest BCUT2D eigenvalue weighted by molar-refractivity contribution is 6.09. The van der Waals surface area contributed by atoms with Gasteiger partial charge >= 0.3 is 0 Å². The van der Waals surface area contributed by atoms with Crippen LogP contribution in [-0.2, 0) is 6.42 Å². The first-order valence-electron chi connectivity index (χ1n) is 6.20. The number of hydrogen-bond acceptors (Lipinski definition) is 1. The van der Waals surface area contributed by atoms with Crippen molar-refractivity contribution in [3.63, 3.8) is 0 Å². The highest BCUT2D eigenvalue weighted by Gasteiger charge is 2.05. The molecule has 0 aliphatic heterocycles. The number of nitrogens with zero attached hydrogens (tertiary/aromatic N) is 1. The predicted octanol–water partition coefficient (Wildman–Crippen LogP) is 4.54. The highest BCUT2D eigenvalue weighted by Crippen LogP contribution is 2.14. The molecule has 1 heteroatoms. The second kappa shape index (κ2) is 6.85. The Bertz CT molecular complexity index is 427. The van der Waals surface area contributed by atoms with E-state index in [4.69, 9.17) is 0 Å². The van der Waals surface area contributed by atoms with Gasteiger partial charge in [0, 0.05) is 11.3 Å². The summed E-state index contributed by atoms with van der Waals surface area (Å²) in [5, 5.41) is 0. The van der Waals surface area contributed by atoms with Crippen LogP contribution in [0.25, 0.3) is 0 Å². The average molecular weight is 227 g/mol. The monoisotopic (exact) mass is 227 g/mol. The smallest absolute Gasteiger partial charge is 0.0701 e. The van der Waals surface area contributed by atoms with Crippen LogP contribution in [0.4, 0.5) is 0 Å². The molecule has 0 saturated carbocycles. The van der Waals surface area contributed by atoms with Crippen LogP contribution in [0.5, 0.6) is 0 Å². The number of allylic oxidation sites excluding steroid dienone is 2. The summed E-state index contributed by atoms with van der Waals surface area (Å²) < 4.78 is 0. The molecule has 0 unspecified atom stereocenters. The molecule has 0 aromatic heterocycles. The lowest BCUT2D eigenvalue weighted by Gasteiger charge is -2.09. The summed E-state index contributed by atoms with van der Waals surface area (Å²) in [6.07, 6.45) is 4.89. The van der Waals surface area contributed by atoms with Crippen LogP contribution >= 0.6 is 0 Å². The zero-order chi connectivity index (χ0) is 12.7. The minimum Gasteiger partial charge on any atom is -0.253 e. The Morgan fingerprint density at radius 1 is 1.29 bits per heavy atom. The van der Waals surface area contributed by atoms with Crippen molar-refractivity contribution in [2.24, 2.45) is 4.99 Å². The molecule has 0 bridgehead atoms. The summed E-state index contributed by atoms with van der Waals surface area (Å²) in [7, 11) is 0. The third-order valence-electron chi connectivity index (χ3n) is 2.69. The zero-order valence-corrected chi connectivity index (χ0v) is 10.9. The fourth-order valence-corrected chi connectivity index (χ4v) is 1.72. The zero-order valence-electron chi connectivity index (χ0n) is 10.9. The SMILES string of the molecule is C=C/C(=N/C(=C)CC)c1ccccc1CCC. The molecular weight excluding hydrogens is 206 g/mol. The van der Waals surface area contributed by atoms with Gasteiger partial charge in [0.1, 0.15) is 0 Å². The molecule has 0 atom stereocenters. The van der Waals surface area contributed by atoms with Gasteiger partial charge in [-0.25, -0.2) is 0 Å². The fourth-order valence-electron chi connectivity index (χ4n) is 1.72. The van der Waals surface area contributed by atoms with E-state index >= 15 is 0 Å². The van der Waals surface area contributed by atoms with E-state index in [0.717, 1.165) is 30.7 Å². The van der Waals surface area contributed by atoms with E-state index in [-0.39, 0.29) is 0 Å². The molecule has 0 aliphatic carbocycles. The molecule has 1 aromatic rings. The van der Waals surface area contributed by atoms with E-state index in [0.29, 0.717) is 0 Å². The first-order valence-corrected chi connectivity index (χ1v) is 6.20. The first kappa shape index (κ1) is 13.4. The van der Waals surface area contributed by atoms with E-state index < -0.39 is 0 Å². The van der Waals surface area contributed by atoms with Crippen LogP contribution < -0.4 is 0 Å². The molecule has 1 rings (SSSR count). The Morgan fingerprint density at radius 2 is 2.00 bits per heavy atom. The van der Waals surface area contributed by atoms with Crippen LogP contribution in [0.1, 0.15) is 37.8 Å². The van der Waals surface area contributed by atoms with E-state index in [2.05, 4.69) is 50.2 Å². The average Bonchev–Trinajstić information content (AvgIpc) is 2.37. The predicted molar refractivity (Wildman–Crippen MR) is 76.6 cm³/mol. The Morgan fingerprint density at radius 3 is 2.59 bits per heavy atom. The van der Waals surface area contributed by atoms with Crippen molar-refractivity contribution in [3.8, 4) is 0 Å². The number of hydrogen-bond donors (Lipinski definition) is 0. The van der Waals surface area contributed by atoms with Gasteiger partial charge in [0.25, 0.3) is 0 Å².